The van der Waals surface area contributed by atoms with Crippen LogP contribution in [0.25, 0.3) is 10.9 Å². The molecule has 6 nitrogen and oxygen atoms in total. The summed E-state index contributed by atoms with van der Waals surface area (Å²) >= 11 is 1.40. The number of hydrogen-bond acceptors (Lipinski definition) is 6. The Kier molecular flexibility index (Phi) is 4.75. The van der Waals surface area contributed by atoms with Crippen molar-refractivity contribution >= 4 is 34.3 Å². The number of aromatic nitrogens is 2. The molecule has 2 aliphatic rings. The highest BCUT2D eigenvalue weighted by atomic mass is 32.2. The number of carbonyl (C=O) groups is 1. The van der Waals surface area contributed by atoms with E-state index in [1.807, 2.05) is 42.5 Å². The van der Waals surface area contributed by atoms with Gasteiger partial charge in [0.15, 0.2) is 11.5 Å². The molecular formula is C22H21N3O3S. The largest absolute Gasteiger partial charge is 0.448 e. The summed E-state index contributed by atoms with van der Waals surface area (Å²) in [5, 5.41) is 4.70. The van der Waals surface area contributed by atoms with Gasteiger partial charge in [-0.25, -0.2) is 9.97 Å². The van der Waals surface area contributed by atoms with Crippen LogP contribution in [0.15, 0.2) is 53.8 Å². The molecule has 1 saturated carbocycles. The third kappa shape index (κ3) is 3.74. The SMILES string of the molecule is O=C(CSc1ncnc2ccccc12)Nc1ccc2c(c1)OC1(CCCCC1)O2. The average molecular weight is 407 g/mol. The first-order valence-electron chi connectivity index (χ1n) is 9.85. The van der Waals surface area contributed by atoms with Crippen molar-refractivity contribution < 1.29 is 14.3 Å². The van der Waals surface area contributed by atoms with Gasteiger partial charge < -0.3 is 14.8 Å². The van der Waals surface area contributed by atoms with Crippen molar-refractivity contribution in [3.05, 3.63) is 48.8 Å². The maximum absolute atomic E-state index is 12.5. The van der Waals surface area contributed by atoms with E-state index in [1.54, 1.807) is 0 Å². The Morgan fingerprint density at radius 1 is 1.03 bits per heavy atom. The zero-order valence-corrected chi connectivity index (χ0v) is 16.7. The fraction of sp³-hybridized carbons (Fsp3) is 0.318. The molecule has 2 heterocycles. The zero-order valence-electron chi connectivity index (χ0n) is 15.9. The normalized spacial score (nSPS) is 16.8. The van der Waals surface area contributed by atoms with Gasteiger partial charge in [-0.05, 0) is 31.0 Å². The summed E-state index contributed by atoms with van der Waals surface area (Å²) in [5.41, 5.74) is 1.58. The Bertz CT molecular complexity index is 1060. The number of anilines is 1. The van der Waals surface area contributed by atoms with Gasteiger partial charge in [0.25, 0.3) is 5.79 Å². The van der Waals surface area contributed by atoms with Crippen LogP contribution in [0.3, 0.4) is 0 Å². The van der Waals surface area contributed by atoms with Crippen LogP contribution in [0.2, 0.25) is 0 Å². The standard InChI is InChI=1S/C22H21N3O3S/c26-20(13-29-21-16-6-2-3-7-17(16)23-14-24-21)25-15-8-9-18-19(12-15)28-22(27-18)10-4-1-5-11-22/h2-3,6-9,12,14H,1,4-5,10-11,13H2,(H,25,26). The molecule has 29 heavy (non-hydrogen) atoms. The number of para-hydroxylation sites is 1. The van der Waals surface area contributed by atoms with E-state index in [-0.39, 0.29) is 11.7 Å². The quantitative estimate of drug-likeness (QED) is 0.495. The minimum absolute atomic E-state index is 0.0936. The molecule has 7 heteroatoms. The molecule has 0 bridgehead atoms. The molecule has 1 aromatic heterocycles. The van der Waals surface area contributed by atoms with Crippen LogP contribution >= 0.6 is 11.8 Å². The maximum Gasteiger partial charge on any atom is 0.251 e. The summed E-state index contributed by atoms with van der Waals surface area (Å²) in [7, 11) is 0. The second kappa shape index (κ2) is 7.55. The molecule has 1 aliphatic heterocycles. The summed E-state index contributed by atoms with van der Waals surface area (Å²) in [6.07, 6.45) is 6.81. The summed E-state index contributed by atoms with van der Waals surface area (Å²) in [6, 6.07) is 13.4. The Morgan fingerprint density at radius 3 is 2.76 bits per heavy atom. The van der Waals surface area contributed by atoms with Crippen LogP contribution in [0.4, 0.5) is 5.69 Å². The molecule has 0 radical (unpaired) electrons. The fourth-order valence-electron chi connectivity index (χ4n) is 3.89. The number of ether oxygens (including phenoxy) is 2. The van der Waals surface area contributed by atoms with E-state index < -0.39 is 5.79 Å². The van der Waals surface area contributed by atoms with Crippen LogP contribution in [0.5, 0.6) is 11.5 Å². The molecule has 1 fully saturated rings. The van der Waals surface area contributed by atoms with Crippen LogP contribution in [-0.2, 0) is 4.79 Å². The minimum Gasteiger partial charge on any atom is -0.448 e. The molecule has 5 rings (SSSR count). The van der Waals surface area contributed by atoms with Crippen molar-refractivity contribution in [2.24, 2.45) is 0 Å². The predicted molar refractivity (Wildman–Crippen MR) is 112 cm³/mol. The molecule has 2 aromatic carbocycles. The maximum atomic E-state index is 12.5. The first-order chi connectivity index (χ1) is 14.2. The molecular weight excluding hydrogens is 386 g/mol. The van der Waals surface area contributed by atoms with Crippen LogP contribution < -0.4 is 14.8 Å². The zero-order chi connectivity index (χ0) is 19.7. The Labute approximate surface area is 173 Å². The number of hydrogen-bond donors (Lipinski definition) is 1. The van der Waals surface area contributed by atoms with E-state index >= 15 is 0 Å². The average Bonchev–Trinajstić information content (AvgIpc) is 3.09. The fourth-order valence-corrected chi connectivity index (χ4v) is 4.68. The van der Waals surface area contributed by atoms with E-state index in [1.165, 1.54) is 24.5 Å². The number of rotatable bonds is 4. The Morgan fingerprint density at radius 2 is 1.86 bits per heavy atom. The highest BCUT2D eigenvalue weighted by molar-refractivity contribution is 8.00. The summed E-state index contributed by atoms with van der Waals surface area (Å²) in [5.74, 6) is 1.13. The second-order valence-electron chi connectivity index (χ2n) is 7.37. The topological polar surface area (TPSA) is 73.3 Å². The number of benzene rings is 2. The van der Waals surface area contributed by atoms with Crippen molar-refractivity contribution in [3.63, 3.8) is 0 Å². The number of carbonyl (C=O) groups excluding carboxylic acids is 1. The van der Waals surface area contributed by atoms with E-state index in [9.17, 15) is 4.79 Å². The van der Waals surface area contributed by atoms with Crippen molar-refractivity contribution in [1.29, 1.82) is 0 Å². The van der Waals surface area contributed by atoms with Gasteiger partial charge in [0, 0.05) is 30.0 Å². The second-order valence-corrected chi connectivity index (χ2v) is 8.33. The van der Waals surface area contributed by atoms with Crippen LogP contribution in [-0.4, -0.2) is 27.4 Å². The molecule has 148 valence electrons. The lowest BCUT2D eigenvalue weighted by molar-refractivity contribution is -0.113. The van der Waals surface area contributed by atoms with Gasteiger partial charge in [-0.3, -0.25) is 4.79 Å². The molecule has 0 unspecified atom stereocenters. The van der Waals surface area contributed by atoms with Gasteiger partial charge in [-0.1, -0.05) is 36.4 Å². The van der Waals surface area contributed by atoms with Crippen LogP contribution in [0, 0.1) is 0 Å². The monoisotopic (exact) mass is 407 g/mol. The number of nitrogens with one attached hydrogen (secondary N) is 1. The molecule has 1 N–H and O–H groups in total. The van der Waals surface area contributed by atoms with E-state index in [4.69, 9.17) is 9.47 Å². The van der Waals surface area contributed by atoms with Crippen molar-refractivity contribution in [2.45, 2.75) is 42.9 Å². The van der Waals surface area contributed by atoms with E-state index in [2.05, 4.69) is 15.3 Å². The van der Waals surface area contributed by atoms with Crippen molar-refractivity contribution in [3.8, 4) is 11.5 Å². The summed E-state index contributed by atoms with van der Waals surface area (Å²) in [6.45, 7) is 0. The van der Waals surface area contributed by atoms with Crippen molar-refractivity contribution in [2.75, 3.05) is 11.1 Å². The lowest BCUT2D eigenvalue weighted by Crippen LogP contribution is -2.40. The lowest BCUT2D eigenvalue weighted by atomic mass is 9.94. The highest BCUT2D eigenvalue weighted by Gasteiger charge is 2.42. The molecule has 1 amide bonds. The third-order valence-corrected chi connectivity index (χ3v) is 6.29. The van der Waals surface area contributed by atoms with Gasteiger partial charge in [0.05, 0.1) is 11.3 Å². The molecule has 1 spiro atoms. The number of amides is 1. The highest BCUT2D eigenvalue weighted by Crippen LogP contribution is 2.46. The number of nitrogens with zero attached hydrogens (tertiary/aromatic N) is 2. The Balaban J connectivity index is 1.23. The summed E-state index contributed by atoms with van der Waals surface area (Å²) < 4.78 is 12.2. The third-order valence-electron chi connectivity index (χ3n) is 5.28. The molecule has 0 saturated heterocycles. The van der Waals surface area contributed by atoms with Crippen molar-refractivity contribution in [1.82, 2.24) is 9.97 Å². The minimum atomic E-state index is -0.507. The van der Waals surface area contributed by atoms with Gasteiger partial charge in [-0.15, -0.1) is 0 Å². The predicted octanol–water partition coefficient (Wildman–Crippen LogP) is 4.79. The molecule has 3 aromatic rings. The van der Waals surface area contributed by atoms with Gasteiger partial charge in [-0.2, -0.15) is 0 Å². The first-order valence-corrected chi connectivity index (χ1v) is 10.8. The van der Waals surface area contributed by atoms with Gasteiger partial charge in [0.2, 0.25) is 5.91 Å². The number of thioether (sulfide) groups is 1. The lowest BCUT2D eigenvalue weighted by Gasteiger charge is -2.31. The van der Waals surface area contributed by atoms with Gasteiger partial charge in [0.1, 0.15) is 11.4 Å². The number of fused-ring (bicyclic) bond motifs is 2. The molecule has 1 aliphatic carbocycles. The van der Waals surface area contributed by atoms with Gasteiger partial charge >= 0.3 is 0 Å². The van der Waals surface area contributed by atoms with E-state index in [0.717, 1.165) is 47.4 Å². The van der Waals surface area contributed by atoms with E-state index in [0.29, 0.717) is 11.4 Å². The summed E-state index contributed by atoms with van der Waals surface area (Å²) in [4.78, 5) is 21.0. The smallest absolute Gasteiger partial charge is 0.251 e. The Hall–Kier alpha value is -2.80. The van der Waals surface area contributed by atoms with Crippen LogP contribution in [0.1, 0.15) is 32.1 Å². The molecule has 0 atom stereocenters. The first kappa shape index (κ1) is 18.2.